The van der Waals surface area contributed by atoms with E-state index in [0.717, 1.165) is 27.6 Å². The van der Waals surface area contributed by atoms with E-state index < -0.39 is 0 Å². The Bertz CT molecular complexity index is 1220. The Hall–Kier alpha value is -3.63. The standard InChI is InChI=1S/C23H21N5O3S2/c1-30-18-9-5-16(6-10-18)22-26-27-23(28(22)17-7-11-19(31-2)12-8-17)33-15-21(29)25-24-14-20-4-3-13-32-20/h3-14H,15H2,1-2H3,(H,25,29)/b24-14-. The Balaban J connectivity index is 1.56. The smallest absolute Gasteiger partial charge is 0.250 e. The zero-order chi connectivity index (χ0) is 23.0. The number of benzene rings is 2. The maximum Gasteiger partial charge on any atom is 0.250 e. The average molecular weight is 480 g/mol. The molecular weight excluding hydrogens is 458 g/mol. The molecule has 1 amide bonds. The van der Waals surface area contributed by atoms with Crippen molar-refractivity contribution in [3.05, 3.63) is 70.9 Å². The molecule has 0 atom stereocenters. The maximum atomic E-state index is 12.3. The summed E-state index contributed by atoms with van der Waals surface area (Å²) in [5.41, 5.74) is 4.27. The predicted octanol–water partition coefficient (Wildman–Crippen LogP) is 4.26. The van der Waals surface area contributed by atoms with Crippen LogP contribution in [0.4, 0.5) is 0 Å². The van der Waals surface area contributed by atoms with Crippen LogP contribution in [0.5, 0.6) is 11.5 Å². The summed E-state index contributed by atoms with van der Waals surface area (Å²) in [6.45, 7) is 0. The van der Waals surface area contributed by atoms with Crippen molar-refractivity contribution >= 4 is 35.2 Å². The molecule has 0 aliphatic carbocycles. The van der Waals surface area contributed by atoms with E-state index >= 15 is 0 Å². The molecule has 0 bridgehead atoms. The highest BCUT2D eigenvalue weighted by Gasteiger charge is 2.17. The summed E-state index contributed by atoms with van der Waals surface area (Å²) in [6, 6.07) is 19.0. The molecule has 0 saturated carbocycles. The van der Waals surface area contributed by atoms with Crippen LogP contribution in [0.3, 0.4) is 0 Å². The monoisotopic (exact) mass is 479 g/mol. The summed E-state index contributed by atoms with van der Waals surface area (Å²) in [5, 5.41) is 15.3. The first-order valence-electron chi connectivity index (χ1n) is 9.90. The predicted molar refractivity (Wildman–Crippen MR) is 131 cm³/mol. The molecule has 2 heterocycles. The van der Waals surface area contributed by atoms with Gasteiger partial charge in [-0.25, -0.2) is 5.43 Å². The minimum atomic E-state index is -0.233. The average Bonchev–Trinajstić information content (AvgIpc) is 3.53. The second kappa shape index (κ2) is 10.8. The molecule has 0 fully saturated rings. The van der Waals surface area contributed by atoms with E-state index in [4.69, 9.17) is 9.47 Å². The molecule has 0 aliphatic rings. The molecule has 4 aromatic rings. The summed E-state index contributed by atoms with van der Waals surface area (Å²) in [5.74, 6) is 2.06. The molecular formula is C23H21N5O3S2. The van der Waals surface area contributed by atoms with Crippen LogP contribution in [0.15, 0.2) is 76.3 Å². The van der Waals surface area contributed by atoms with E-state index in [-0.39, 0.29) is 11.7 Å². The number of thiophene rings is 1. The lowest BCUT2D eigenvalue weighted by Gasteiger charge is -2.11. The Morgan fingerprint density at radius 2 is 1.76 bits per heavy atom. The summed E-state index contributed by atoms with van der Waals surface area (Å²) in [7, 11) is 3.25. The lowest BCUT2D eigenvalue weighted by Crippen LogP contribution is -2.19. The van der Waals surface area contributed by atoms with Crippen LogP contribution in [0.2, 0.25) is 0 Å². The topological polar surface area (TPSA) is 90.6 Å². The molecule has 0 aliphatic heterocycles. The van der Waals surface area contributed by atoms with Crippen LogP contribution < -0.4 is 14.9 Å². The number of hydrogen-bond acceptors (Lipinski definition) is 8. The van der Waals surface area contributed by atoms with Gasteiger partial charge in [0.1, 0.15) is 11.5 Å². The summed E-state index contributed by atoms with van der Waals surface area (Å²) in [6.07, 6.45) is 1.62. The number of hydrazone groups is 1. The first-order chi connectivity index (χ1) is 16.2. The summed E-state index contributed by atoms with van der Waals surface area (Å²) >= 11 is 2.83. The number of carbonyl (C=O) groups is 1. The van der Waals surface area contributed by atoms with Gasteiger partial charge in [-0.05, 0) is 60.0 Å². The Labute approximate surface area is 199 Å². The van der Waals surface area contributed by atoms with Gasteiger partial charge < -0.3 is 9.47 Å². The van der Waals surface area contributed by atoms with Crippen LogP contribution in [0.1, 0.15) is 4.88 Å². The molecule has 4 rings (SSSR count). The number of amides is 1. The van der Waals surface area contributed by atoms with E-state index in [2.05, 4.69) is 20.7 Å². The third kappa shape index (κ3) is 5.60. The van der Waals surface area contributed by atoms with E-state index in [9.17, 15) is 4.79 Å². The van der Waals surface area contributed by atoms with Gasteiger partial charge in [-0.3, -0.25) is 9.36 Å². The van der Waals surface area contributed by atoms with Gasteiger partial charge in [0.2, 0.25) is 0 Å². The molecule has 33 heavy (non-hydrogen) atoms. The fourth-order valence-electron chi connectivity index (χ4n) is 2.95. The van der Waals surface area contributed by atoms with Crippen molar-refractivity contribution in [2.75, 3.05) is 20.0 Å². The van der Waals surface area contributed by atoms with E-state index in [1.54, 1.807) is 31.8 Å². The Morgan fingerprint density at radius 1 is 1.06 bits per heavy atom. The highest BCUT2D eigenvalue weighted by molar-refractivity contribution is 7.99. The number of nitrogens with one attached hydrogen (secondary N) is 1. The summed E-state index contributed by atoms with van der Waals surface area (Å²) < 4.78 is 12.4. The van der Waals surface area contributed by atoms with Crippen molar-refractivity contribution in [2.24, 2.45) is 5.10 Å². The van der Waals surface area contributed by atoms with Crippen LogP contribution >= 0.6 is 23.1 Å². The molecule has 1 N–H and O–H groups in total. The van der Waals surface area contributed by atoms with Crippen molar-refractivity contribution in [2.45, 2.75) is 5.16 Å². The maximum absolute atomic E-state index is 12.3. The van der Waals surface area contributed by atoms with Crippen LogP contribution in [0.25, 0.3) is 17.1 Å². The van der Waals surface area contributed by atoms with Gasteiger partial charge in [0.15, 0.2) is 11.0 Å². The number of ether oxygens (including phenoxy) is 2. The zero-order valence-electron chi connectivity index (χ0n) is 18.0. The van der Waals surface area contributed by atoms with Gasteiger partial charge in [0.25, 0.3) is 5.91 Å². The lowest BCUT2D eigenvalue weighted by atomic mass is 10.2. The molecule has 2 aromatic heterocycles. The molecule has 0 saturated heterocycles. The quantitative estimate of drug-likeness (QED) is 0.219. The lowest BCUT2D eigenvalue weighted by molar-refractivity contribution is -0.118. The van der Waals surface area contributed by atoms with Crippen molar-refractivity contribution < 1.29 is 14.3 Å². The second-order valence-electron chi connectivity index (χ2n) is 6.67. The van der Waals surface area contributed by atoms with Gasteiger partial charge >= 0.3 is 0 Å². The fraction of sp³-hybridized carbons (Fsp3) is 0.130. The highest BCUT2D eigenvalue weighted by atomic mass is 32.2. The fourth-order valence-corrected chi connectivity index (χ4v) is 4.28. The van der Waals surface area contributed by atoms with Gasteiger partial charge in [0, 0.05) is 16.1 Å². The Morgan fingerprint density at radius 3 is 2.39 bits per heavy atom. The van der Waals surface area contributed by atoms with Crippen molar-refractivity contribution in [3.8, 4) is 28.6 Å². The normalized spacial score (nSPS) is 11.0. The first-order valence-corrected chi connectivity index (χ1v) is 11.8. The van der Waals surface area contributed by atoms with Crippen molar-refractivity contribution in [3.63, 3.8) is 0 Å². The van der Waals surface area contributed by atoms with E-state index in [1.165, 1.54) is 11.8 Å². The molecule has 0 unspecified atom stereocenters. The zero-order valence-corrected chi connectivity index (χ0v) is 19.6. The third-order valence-electron chi connectivity index (χ3n) is 4.57. The SMILES string of the molecule is COc1ccc(-c2nnc(SCC(=O)N/N=C\c3cccs3)n2-c2ccc(OC)cc2)cc1. The number of thioether (sulfide) groups is 1. The van der Waals surface area contributed by atoms with Crippen molar-refractivity contribution in [1.82, 2.24) is 20.2 Å². The van der Waals surface area contributed by atoms with E-state index in [1.807, 2.05) is 70.6 Å². The second-order valence-corrected chi connectivity index (χ2v) is 8.59. The summed E-state index contributed by atoms with van der Waals surface area (Å²) in [4.78, 5) is 13.3. The number of rotatable bonds is 9. The number of nitrogens with zero attached hydrogens (tertiary/aromatic N) is 4. The van der Waals surface area contributed by atoms with Crippen LogP contribution in [0, 0.1) is 0 Å². The minimum Gasteiger partial charge on any atom is -0.497 e. The van der Waals surface area contributed by atoms with Crippen molar-refractivity contribution in [1.29, 1.82) is 0 Å². The van der Waals surface area contributed by atoms with Crippen LogP contribution in [-0.2, 0) is 4.79 Å². The number of carbonyl (C=O) groups excluding carboxylic acids is 1. The van der Waals surface area contributed by atoms with Crippen LogP contribution in [-0.4, -0.2) is 46.9 Å². The minimum absolute atomic E-state index is 0.138. The molecule has 168 valence electrons. The first kappa shape index (κ1) is 22.6. The molecule has 2 aromatic carbocycles. The third-order valence-corrected chi connectivity index (χ3v) is 6.30. The Kier molecular flexibility index (Phi) is 7.38. The van der Waals surface area contributed by atoms with Gasteiger partial charge in [0.05, 0.1) is 26.2 Å². The number of aromatic nitrogens is 3. The molecule has 0 radical (unpaired) electrons. The largest absolute Gasteiger partial charge is 0.497 e. The van der Waals surface area contributed by atoms with Gasteiger partial charge in [-0.1, -0.05) is 17.8 Å². The highest BCUT2D eigenvalue weighted by Crippen LogP contribution is 2.29. The number of hydrogen-bond donors (Lipinski definition) is 1. The molecule has 10 heteroatoms. The molecule has 8 nitrogen and oxygen atoms in total. The van der Waals surface area contributed by atoms with E-state index in [0.29, 0.717) is 11.0 Å². The number of methoxy groups -OCH3 is 2. The molecule has 0 spiro atoms. The van der Waals surface area contributed by atoms with Gasteiger partial charge in [-0.15, -0.1) is 21.5 Å². The van der Waals surface area contributed by atoms with Gasteiger partial charge in [-0.2, -0.15) is 5.10 Å².